The molecule has 0 atom stereocenters. The number of aryl methyl sites for hydroxylation is 1. The molecule has 0 amide bonds. The quantitative estimate of drug-likeness (QED) is 0.494. The third-order valence-electron chi connectivity index (χ3n) is 5.51. The number of rotatable bonds is 7. The van der Waals surface area contributed by atoms with Gasteiger partial charge in [-0.3, -0.25) is 10.1 Å². The number of nitro groups is 1. The largest absolute Gasteiger partial charge is 0.365 e. The monoisotopic (exact) mass is 432 g/mol. The first-order valence-corrected chi connectivity index (χ1v) is 11.4. The Labute approximate surface area is 177 Å². The Balaban J connectivity index is 1.86. The third-order valence-corrected chi connectivity index (χ3v) is 7.40. The molecule has 8 nitrogen and oxygen atoms in total. The minimum absolute atomic E-state index is 0.0387. The highest BCUT2D eigenvalue weighted by Crippen LogP contribution is 2.32. The predicted octanol–water partition coefficient (Wildman–Crippen LogP) is 2.73. The van der Waals surface area contributed by atoms with Crippen molar-refractivity contribution in [2.75, 3.05) is 45.2 Å². The zero-order chi connectivity index (χ0) is 21.9. The minimum atomic E-state index is -3.77. The molecule has 0 aliphatic carbocycles. The van der Waals surface area contributed by atoms with Crippen LogP contribution >= 0.6 is 0 Å². The van der Waals surface area contributed by atoms with Crippen molar-refractivity contribution in [1.82, 2.24) is 9.21 Å². The minimum Gasteiger partial charge on any atom is -0.365 e. The second kappa shape index (κ2) is 9.11. The molecule has 1 fully saturated rings. The zero-order valence-corrected chi connectivity index (χ0v) is 18.4. The fourth-order valence-electron chi connectivity index (χ4n) is 3.55. The normalized spacial score (nSPS) is 15.8. The number of benzene rings is 2. The molecule has 162 valence electrons. The molecule has 1 heterocycles. The molecule has 0 radical (unpaired) electrons. The Kier molecular flexibility index (Phi) is 6.74. The van der Waals surface area contributed by atoms with Crippen LogP contribution in [0.15, 0.2) is 47.4 Å². The van der Waals surface area contributed by atoms with Gasteiger partial charge in [-0.15, -0.1) is 0 Å². The highest BCUT2D eigenvalue weighted by atomic mass is 32.2. The standard InChI is InChI=1S/C21H28N4O4S/c1-4-17-5-7-18(8-6-17)16-23(3)20-10-9-19(15-21(20)25(26)27)30(28,29)24-13-11-22(2)12-14-24/h5-10,15H,4,11-14,16H2,1-3H3. The van der Waals surface area contributed by atoms with Crippen LogP contribution in [0.1, 0.15) is 18.1 Å². The average molecular weight is 433 g/mol. The van der Waals surface area contributed by atoms with E-state index in [2.05, 4.69) is 11.8 Å². The summed E-state index contributed by atoms with van der Waals surface area (Å²) in [6, 6.07) is 12.3. The van der Waals surface area contributed by atoms with Crippen LogP contribution in [-0.4, -0.2) is 62.8 Å². The van der Waals surface area contributed by atoms with Gasteiger partial charge < -0.3 is 9.80 Å². The Morgan fingerprint density at radius 1 is 1.03 bits per heavy atom. The van der Waals surface area contributed by atoms with Gasteiger partial charge in [-0.25, -0.2) is 8.42 Å². The number of likely N-dealkylation sites (N-methyl/N-ethyl adjacent to an activating group) is 1. The summed E-state index contributed by atoms with van der Waals surface area (Å²) in [5.41, 5.74) is 2.43. The molecule has 0 saturated carbocycles. The van der Waals surface area contributed by atoms with Crippen molar-refractivity contribution in [1.29, 1.82) is 0 Å². The zero-order valence-electron chi connectivity index (χ0n) is 17.6. The summed E-state index contributed by atoms with van der Waals surface area (Å²) in [6.45, 7) is 4.60. The molecule has 1 aliphatic heterocycles. The Bertz CT molecular complexity index is 1000. The van der Waals surface area contributed by atoms with Crippen molar-refractivity contribution in [3.05, 3.63) is 63.7 Å². The average Bonchev–Trinajstić information content (AvgIpc) is 2.74. The maximum Gasteiger partial charge on any atom is 0.293 e. The van der Waals surface area contributed by atoms with Gasteiger partial charge in [0.15, 0.2) is 0 Å². The van der Waals surface area contributed by atoms with Gasteiger partial charge in [-0.1, -0.05) is 31.2 Å². The molecular formula is C21H28N4O4S. The molecule has 3 rings (SSSR count). The van der Waals surface area contributed by atoms with Gasteiger partial charge in [-0.05, 0) is 36.7 Å². The maximum atomic E-state index is 13.0. The van der Waals surface area contributed by atoms with Gasteiger partial charge in [-0.2, -0.15) is 4.31 Å². The lowest BCUT2D eigenvalue weighted by Crippen LogP contribution is -2.47. The van der Waals surface area contributed by atoms with E-state index in [1.807, 2.05) is 31.3 Å². The van der Waals surface area contributed by atoms with E-state index >= 15 is 0 Å². The summed E-state index contributed by atoms with van der Waals surface area (Å²) >= 11 is 0. The first-order chi connectivity index (χ1) is 14.2. The van der Waals surface area contributed by atoms with Gasteiger partial charge in [0.25, 0.3) is 5.69 Å². The molecule has 0 unspecified atom stereocenters. The van der Waals surface area contributed by atoms with Crippen LogP contribution in [0.4, 0.5) is 11.4 Å². The molecule has 2 aromatic rings. The number of sulfonamides is 1. The van der Waals surface area contributed by atoms with Crippen LogP contribution in [0.25, 0.3) is 0 Å². The fourth-order valence-corrected chi connectivity index (χ4v) is 4.99. The topological polar surface area (TPSA) is 87.0 Å². The number of nitro benzene ring substituents is 1. The number of hydrogen-bond acceptors (Lipinski definition) is 6. The van der Waals surface area contributed by atoms with Gasteiger partial charge in [0, 0.05) is 45.8 Å². The molecule has 1 saturated heterocycles. The molecule has 0 spiro atoms. The van der Waals surface area contributed by atoms with Crippen molar-refractivity contribution in [2.24, 2.45) is 0 Å². The van der Waals surface area contributed by atoms with Crippen molar-refractivity contribution >= 4 is 21.4 Å². The van der Waals surface area contributed by atoms with E-state index in [0.717, 1.165) is 12.0 Å². The van der Waals surface area contributed by atoms with Crippen LogP contribution in [0.2, 0.25) is 0 Å². The van der Waals surface area contributed by atoms with Crippen molar-refractivity contribution in [2.45, 2.75) is 24.8 Å². The van der Waals surface area contributed by atoms with Crippen molar-refractivity contribution in [3.63, 3.8) is 0 Å². The van der Waals surface area contributed by atoms with E-state index < -0.39 is 14.9 Å². The highest BCUT2D eigenvalue weighted by molar-refractivity contribution is 7.89. The second-order valence-corrected chi connectivity index (χ2v) is 9.58. The van der Waals surface area contributed by atoms with Crippen molar-refractivity contribution in [3.8, 4) is 0 Å². The molecule has 0 N–H and O–H groups in total. The van der Waals surface area contributed by atoms with Crippen LogP contribution in [-0.2, 0) is 23.0 Å². The smallest absolute Gasteiger partial charge is 0.293 e. The lowest BCUT2D eigenvalue weighted by Gasteiger charge is -2.31. The Hall–Kier alpha value is -2.49. The summed E-state index contributed by atoms with van der Waals surface area (Å²) in [7, 11) is -0.0586. The Morgan fingerprint density at radius 2 is 1.63 bits per heavy atom. The second-order valence-electron chi connectivity index (χ2n) is 7.64. The first kappa shape index (κ1) is 22.2. The van der Waals surface area contributed by atoms with Crippen LogP contribution < -0.4 is 4.90 Å². The van der Waals surface area contributed by atoms with E-state index in [1.54, 1.807) is 11.9 Å². The number of piperazine rings is 1. The summed E-state index contributed by atoms with van der Waals surface area (Å²) in [6.07, 6.45) is 0.949. The van der Waals surface area contributed by atoms with Crippen LogP contribution in [0.5, 0.6) is 0 Å². The fraction of sp³-hybridized carbons (Fsp3) is 0.429. The van der Waals surface area contributed by atoms with E-state index in [9.17, 15) is 18.5 Å². The van der Waals surface area contributed by atoms with Crippen molar-refractivity contribution < 1.29 is 13.3 Å². The SMILES string of the molecule is CCc1ccc(CN(C)c2ccc(S(=O)(=O)N3CCN(C)CC3)cc2[N+](=O)[O-])cc1. The number of nitrogens with zero attached hydrogens (tertiary/aromatic N) is 4. The van der Waals surface area contributed by atoms with Crippen LogP contribution in [0.3, 0.4) is 0 Å². The van der Waals surface area contributed by atoms with E-state index in [1.165, 1.54) is 28.1 Å². The summed E-state index contributed by atoms with van der Waals surface area (Å²) in [5, 5.41) is 11.7. The summed E-state index contributed by atoms with van der Waals surface area (Å²) in [5.74, 6) is 0. The lowest BCUT2D eigenvalue weighted by atomic mass is 10.1. The van der Waals surface area contributed by atoms with Gasteiger partial charge >= 0.3 is 0 Å². The molecule has 0 bridgehead atoms. The molecule has 30 heavy (non-hydrogen) atoms. The molecule has 0 aromatic heterocycles. The predicted molar refractivity (Wildman–Crippen MR) is 117 cm³/mol. The van der Waals surface area contributed by atoms with Crippen LogP contribution in [0, 0.1) is 10.1 Å². The number of anilines is 1. The lowest BCUT2D eigenvalue weighted by molar-refractivity contribution is -0.384. The van der Waals surface area contributed by atoms with Gasteiger partial charge in [0.2, 0.25) is 10.0 Å². The third kappa shape index (κ3) is 4.80. The van der Waals surface area contributed by atoms with E-state index in [4.69, 9.17) is 0 Å². The molecule has 9 heteroatoms. The Morgan fingerprint density at radius 3 is 2.20 bits per heavy atom. The summed E-state index contributed by atoms with van der Waals surface area (Å²) < 4.78 is 27.3. The van der Waals surface area contributed by atoms with E-state index in [0.29, 0.717) is 38.4 Å². The first-order valence-electron chi connectivity index (χ1n) is 9.98. The maximum absolute atomic E-state index is 13.0. The van der Waals surface area contributed by atoms with Gasteiger partial charge in [0.05, 0.1) is 9.82 Å². The molecule has 1 aliphatic rings. The highest BCUT2D eigenvalue weighted by Gasteiger charge is 2.30. The van der Waals surface area contributed by atoms with E-state index in [-0.39, 0.29) is 10.6 Å². The molecular weight excluding hydrogens is 404 g/mol. The molecule has 2 aromatic carbocycles. The van der Waals surface area contributed by atoms with Gasteiger partial charge in [0.1, 0.15) is 5.69 Å². The number of hydrogen-bond donors (Lipinski definition) is 0. The summed E-state index contributed by atoms with van der Waals surface area (Å²) in [4.78, 5) is 15.0.